The van der Waals surface area contributed by atoms with Crippen molar-refractivity contribution in [3.05, 3.63) is 17.5 Å². The van der Waals surface area contributed by atoms with Crippen molar-refractivity contribution in [2.24, 2.45) is 7.05 Å². The van der Waals surface area contributed by atoms with Crippen LogP contribution in [0.15, 0.2) is 6.20 Å². The molecule has 0 bridgehead atoms. The SMILES string of the molecule is Cc1c(C(=O)N(C)CCC(=O)O)cnn1C. The molecule has 16 heavy (non-hydrogen) atoms. The van der Waals surface area contributed by atoms with Gasteiger partial charge in [-0.2, -0.15) is 5.10 Å². The van der Waals surface area contributed by atoms with Crippen molar-refractivity contribution in [3.8, 4) is 0 Å². The van der Waals surface area contributed by atoms with E-state index in [4.69, 9.17) is 5.11 Å². The standard InChI is InChI=1S/C10H15N3O3/c1-7-8(6-11-13(7)3)10(16)12(2)5-4-9(14)15/h6H,4-5H2,1-3H3,(H,14,15). The van der Waals surface area contributed by atoms with Crippen LogP contribution in [-0.2, 0) is 11.8 Å². The Morgan fingerprint density at radius 3 is 2.62 bits per heavy atom. The van der Waals surface area contributed by atoms with Crippen LogP contribution in [0.1, 0.15) is 22.5 Å². The average molecular weight is 225 g/mol. The fraction of sp³-hybridized carbons (Fsp3) is 0.500. The third kappa shape index (κ3) is 2.59. The molecule has 88 valence electrons. The molecule has 6 nitrogen and oxygen atoms in total. The van der Waals surface area contributed by atoms with Gasteiger partial charge in [0, 0.05) is 26.3 Å². The quantitative estimate of drug-likeness (QED) is 0.798. The van der Waals surface area contributed by atoms with Crippen LogP contribution >= 0.6 is 0 Å². The van der Waals surface area contributed by atoms with Crippen molar-refractivity contribution >= 4 is 11.9 Å². The molecule has 0 saturated carbocycles. The van der Waals surface area contributed by atoms with Gasteiger partial charge < -0.3 is 10.0 Å². The average Bonchev–Trinajstić information content (AvgIpc) is 2.55. The Morgan fingerprint density at radius 1 is 1.56 bits per heavy atom. The van der Waals surface area contributed by atoms with Gasteiger partial charge in [-0.1, -0.05) is 0 Å². The number of aryl methyl sites for hydroxylation is 1. The number of carbonyl (C=O) groups excluding carboxylic acids is 1. The summed E-state index contributed by atoms with van der Waals surface area (Å²) in [5, 5.41) is 12.5. The summed E-state index contributed by atoms with van der Waals surface area (Å²) >= 11 is 0. The van der Waals surface area contributed by atoms with Crippen molar-refractivity contribution in [2.45, 2.75) is 13.3 Å². The van der Waals surface area contributed by atoms with Crippen molar-refractivity contribution in [1.29, 1.82) is 0 Å². The molecular weight excluding hydrogens is 210 g/mol. The molecule has 1 N–H and O–H groups in total. The molecule has 0 saturated heterocycles. The molecular formula is C10H15N3O3. The molecule has 0 spiro atoms. The number of nitrogens with zero attached hydrogens (tertiary/aromatic N) is 3. The number of carbonyl (C=O) groups is 2. The normalized spacial score (nSPS) is 10.2. The summed E-state index contributed by atoms with van der Waals surface area (Å²) in [7, 11) is 3.33. The fourth-order valence-corrected chi connectivity index (χ4v) is 1.28. The van der Waals surface area contributed by atoms with Crippen LogP contribution in [0.2, 0.25) is 0 Å². The van der Waals surface area contributed by atoms with Crippen molar-refractivity contribution in [2.75, 3.05) is 13.6 Å². The maximum absolute atomic E-state index is 11.9. The van der Waals surface area contributed by atoms with Gasteiger partial charge in [-0.25, -0.2) is 0 Å². The van der Waals surface area contributed by atoms with E-state index in [1.54, 1.807) is 25.7 Å². The second-order valence-electron chi connectivity index (χ2n) is 3.64. The highest BCUT2D eigenvalue weighted by atomic mass is 16.4. The van der Waals surface area contributed by atoms with Crippen LogP contribution in [0.5, 0.6) is 0 Å². The molecule has 0 aliphatic carbocycles. The lowest BCUT2D eigenvalue weighted by Crippen LogP contribution is -2.29. The Bertz CT molecular complexity index is 411. The summed E-state index contributed by atoms with van der Waals surface area (Å²) in [6, 6.07) is 0. The zero-order valence-corrected chi connectivity index (χ0v) is 9.60. The molecule has 0 fully saturated rings. The van der Waals surface area contributed by atoms with Gasteiger partial charge in [-0.15, -0.1) is 0 Å². The van der Waals surface area contributed by atoms with Crippen LogP contribution in [0.4, 0.5) is 0 Å². The van der Waals surface area contributed by atoms with Gasteiger partial charge in [0.1, 0.15) is 0 Å². The zero-order chi connectivity index (χ0) is 12.3. The van der Waals surface area contributed by atoms with E-state index in [1.807, 2.05) is 0 Å². The Morgan fingerprint density at radius 2 is 2.19 bits per heavy atom. The smallest absolute Gasteiger partial charge is 0.305 e. The van der Waals surface area contributed by atoms with Gasteiger partial charge >= 0.3 is 5.97 Å². The van der Waals surface area contributed by atoms with E-state index in [2.05, 4.69) is 5.10 Å². The van der Waals surface area contributed by atoms with Crippen molar-refractivity contribution in [3.63, 3.8) is 0 Å². The largest absolute Gasteiger partial charge is 0.481 e. The van der Waals surface area contributed by atoms with E-state index < -0.39 is 5.97 Å². The first-order valence-electron chi connectivity index (χ1n) is 4.89. The second-order valence-corrected chi connectivity index (χ2v) is 3.64. The summed E-state index contributed by atoms with van der Waals surface area (Å²) in [4.78, 5) is 23.6. The highest BCUT2D eigenvalue weighted by Gasteiger charge is 2.17. The molecule has 1 amide bonds. The minimum atomic E-state index is -0.914. The van der Waals surface area contributed by atoms with E-state index in [0.29, 0.717) is 5.56 Å². The topological polar surface area (TPSA) is 75.4 Å². The second kappa shape index (κ2) is 4.78. The maximum atomic E-state index is 11.9. The number of carboxylic acid groups (broad SMARTS) is 1. The third-order valence-corrected chi connectivity index (χ3v) is 2.47. The van der Waals surface area contributed by atoms with Gasteiger partial charge in [-0.3, -0.25) is 14.3 Å². The number of carboxylic acids is 1. The summed E-state index contributed by atoms with van der Waals surface area (Å²) in [6.45, 7) is 1.99. The molecule has 0 aromatic carbocycles. The monoisotopic (exact) mass is 225 g/mol. The molecule has 0 aliphatic heterocycles. The predicted molar refractivity (Wildman–Crippen MR) is 57.2 cm³/mol. The molecule has 0 unspecified atom stereocenters. The first kappa shape index (κ1) is 12.2. The summed E-state index contributed by atoms with van der Waals surface area (Å²) in [6.07, 6.45) is 1.44. The summed E-state index contributed by atoms with van der Waals surface area (Å²) in [5.41, 5.74) is 1.28. The number of aliphatic carboxylic acids is 1. The predicted octanol–water partition coefficient (Wildman–Crippen LogP) is 0.275. The van der Waals surface area contributed by atoms with Crippen LogP contribution in [0, 0.1) is 6.92 Å². The molecule has 1 heterocycles. The Kier molecular flexibility index (Phi) is 3.65. The van der Waals surface area contributed by atoms with Gasteiger partial charge in [0.2, 0.25) is 0 Å². The van der Waals surface area contributed by atoms with Crippen LogP contribution in [-0.4, -0.2) is 45.3 Å². The van der Waals surface area contributed by atoms with E-state index in [1.165, 1.54) is 11.1 Å². The molecule has 0 aliphatic rings. The lowest BCUT2D eigenvalue weighted by molar-refractivity contribution is -0.137. The van der Waals surface area contributed by atoms with Crippen LogP contribution in [0.3, 0.4) is 0 Å². The summed E-state index contributed by atoms with van der Waals surface area (Å²) < 4.78 is 1.61. The third-order valence-electron chi connectivity index (χ3n) is 2.47. The lowest BCUT2D eigenvalue weighted by atomic mass is 10.2. The zero-order valence-electron chi connectivity index (χ0n) is 9.60. The minimum absolute atomic E-state index is 0.0540. The summed E-state index contributed by atoms with van der Waals surface area (Å²) in [5.74, 6) is -1.12. The van der Waals surface area contributed by atoms with Crippen molar-refractivity contribution in [1.82, 2.24) is 14.7 Å². The molecule has 6 heteroatoms. The first-order chi connectivity index (χ1) is 7.43. The van der Waals surface area contributed by atoms with E-state index >= 15 is 0 Å². The van der Waals surface area contributed by atoms with E-state index in [-0.39, 0.29) is 18.9 Å². The van der Waals surface area contributed by atoms with Gasteiger partial charge in [0.25, 0.3) is 5.91 Å². The number of amides is 1. The lowest BCUT2D eigenvalue weighted by Gasteiger charge is -2.15. The highest BCUT2D eigenvalue weighted by molar-refractivity contribution is 5.95. The molecule has 0 radical (unpaired) electrons. The highest BCUT2D eigenvalue weighted by Crippen LogP contribution is 2.08. The fourth-order valence-electron chi connectivity index (χ4n) is 1.28. The van der Waals surface area contributed by atoms with E-state index in [9.17, 15) is 9.59 Å². The number of rotatable bonds is 4. The van der Waals surface area contributed by atoms with Crippen molar-refractivity contribution < 1.29 is 14.7 Å². The van der Waals surface area contributed by atoms with E-state index in [0.717, 1.165) is 5.69 Å². The molecule has 1 aromatic heterocycles. The minimum Gasteiger partial charge on any atom is -0.481 e. The Balaban J connectivity index is 2.71. The van der Waals surface area contributed by atoms with Crippen LogP contribution < -0.4 is 0 Å². The number of hydrogen-bond donors (Lipinski definition) is 1. The first-order valence-corrected chi connectivity index (χ1v) is 4.89. The van der Waals surface area contributed by atoms with Gasteiger partial charge in [0.15, 0.2) is 0 Å². The van der Waals surface area contributed by atoms with Gasteiger partial charge in [0.05, 0.1) is 18.2 Å². The number of aromatic nitrogens is 2. The molecule has 0 atom stereocenters. The Hall–Kier alpha value is -1.85. The Labute approximate surface area is 93.5 Å². The van der Waals surface area contributed by atoms with Gasteiger partial charge in [-0.05, 0) is 6.92 Å². The molecule has 1 rings (SSSR count). The van der Waals surface area contributed by atoms with Crippen LogP contribution in [0.25, 0.3) is 0 Å². The number of hydrogen-bond acceptors (Lipinski definition) is 3. The maximum Gasteiger partial charge on any atom is 0.305 e. The molecule has 1 aromatic rings.